The maximum absolute atomic E-state index is 3.53. The van der Waals surface area contributed by atoms with Gasteiger partial charge in [-0.15, -0.1) is 0 Å². The predicted molar refractivity (Wildman–Crippen MR) is 76.9 cm³/mol. The maximum Gasteiger partial charge on any atom is 0.0458 e. The lowest BCUT2D eigenvalue weighted by atomic mass is 10.1. The largest absolute Gasteiger partial charge is 0.358 e. The first-order valence-electron chi connectivity index (χ1n) is 6.45. The molecule has 0 amide bonds. The van der Waals surface area contributed by atoms with E-state index in [2.05, 4.69) is 66.5 Å². The highest BCUT2D eigenvalue weighted by Crippen LogP contribution is 2.22. The minimum Gasteiger partial charge on any atom is -0.358 e. The molecule has 0 fully saturated rings. The minimum atomic E-state index is 1.07. The van der Waals surface area contributed by atoms with Crippen molar-refractivity contribution in [2.45, 2.75) is 19.8 Å². The summed E-state index contributed by atoms with van der Waals surface area (Å²) < 4.78 is 0. The lowest BCUT2D eigenvalue weighted by Crippen LogP contribution is -1.93. The van der Waals surface area contributed by atoms with Crippen molar-refractivity contribution in [2.75, 3.05) is 0 Å². The fourth-order valence-corrected chi connectivity index (χ4v) is 2.50. The van der Waals surface area contributed by atoms with Crippen molar-refractivity contribution in [1.29, 1.82) is 0 Å². The van der Waals surface area contributed by atoms with E-state index in [1.54, 1.807) is 0 Å². The van der Waals surface area contributed by atoms with Crippen LogP contribution in [0.15, 0.2) is 54.6 Å². The van der Waals surface area contributed by atoms with E-state index < -0.39 is 0 Å². The number of hydrogen-bond acceptors (Lipinski definition) is 0. The van der Waals surface area contributed by atoms with E-state index in [9.17, 15) is 0 Å². The fraction of sp³-hybridized carbons (Fsp3) is 0.176. The molecule has 0 radical (unpaired) electrons. The molecule has 0 aliphatic carbocycles. The van der Waals surface area contributed by atoms with Gasteiger partial charge in [-0.2, -0.15) is 0 Å². The molecule has 0 saturated carbocycles. The van der Waals surface area contributed by atoms with Crippen LogP contribution in [0.25, 0.3) is 10.9 Å². The van der Waals surface area contributed by atoms with Gasteiger partial charge in [0, 0.05) is 16.6 Å². The van der Waals surface area contributed by atoms with Crippen LogP contribution in [0.1, 0.15) is 16.8 Å². The van der Waals surface area contributed by atoms with Crippen LogP contribution in [0.5, 0.6) is 0 Å². The second-order valence-corrected chi connectivity index (χ2v) is 4.76. The number of nitrogens with one attached hydrogen (secondary N) is 1. The van der Waals surface area contributed by atoms with Gasteiger partial charge >= 0.3 is 0 Å². The third-order valence-electron chi connectivity index (χ3n) is 3.58. The molecule has 3 aromatic rings. The molecule has 0 unspecified atom stereocenters. The van der Waals surface area contributed by atoms with Crippen molar-refractivity contribution in [1.82, 2.24) is 4.98 Å². The van der Waals surface area contributed by atoms with Crippen LogP contribution >= 0.6 is 0 Å². The maximum atomic E-state index is 3.53. The van der Waals surface area contributed by atoms with Crippen molar-refractivity contribution in [3.63, 3.8) is 0 Å². The molecule has 18 heavy (non-hydrogen) atoms. The third kappa shape index (κ3) is 2.04. The smallest absolute Gasteiger partial charge is 0.0458 e. The summed E-state index contributed by atoms with van der Waals surface area (Å²) in [5.74, 6) is 0. The molecule has 0 spiro atoms. The molecule has 1 N–H and O–H groups in total. The number of aromatic nitrogens is 1. The van der Waals surface area contributed by atoms with Crippen LogP contribution in [0.2, 0.25) is 0 Å². The van der Waals surface area contributed by atoms with Gasteiger partial charge in [0.25, 0.3) is 0 Å². The number of fused-ring (bicyclic) bond motifs is 1. The number of para-hydroxylation sites is 1. The Hall–Kier alpha value is -2.02. The van der Waals surface area contributed by atoms with Crippen molar-refractivity contribution >= 4 is 10.9 Å². The van der Waals surface area contributed by atoms with E-state index >= 15 is 0 Å². The highest BCUT2D eigenvalue weighted by atomic mass is 14.7. The molecule has 0 bridgehead atoms. The van der Waals surface area contributed by atoms with Gasteiger partial charge in [0.05, 0.1) is 0 Å². The van der Waals surface area contributed by atoms with E-state index in [0.29, 0.717) is 0 Å². The zero-order valence-electron chi connectivity index (χ0n) is 10.6. The first-order valence-corrected chi connectivity index (χ1v) is 6.45. The van der Waals surface area contributed by atoms with Gasteiger partial charge in [0.2, 0.25) is 0 Å². The Kier molecular flexibility index (Phi) is 2.89. The van der Waals surface area contributed by atoms with Gasteiger partial charge in [-0.05, 0) is 37.0 Å². The molecule has 2 aromatic carbocycles. The number of benzene rings is 2. The molecule has 1 aromatic heterocycles. The predicted octanol–water partition coefficient (Wildman–Crippen LogP) is 4.26. The van der Waals surface area contributed by atoms with Gasteiger partial charge < -0.3 is 4.98 Å². The normalized spacial score (nSPS) is 10.9. The molecule has 0 atom stereocenters. The van der Waals surface area contributed by atoms with Crippen LogP contribution in [0, 0.1) is 6.92 Å². The average Bonchev–Trinajstić information content (AvgIpc) is 2.75. The molecule has 0 aliphatic rings. The lowest BCUT2D eigenvalue weighted by molar-refractivity contribution is 0.920. The van der Waals surface area contributed by atoms with E-state index in [1.165, 1.54) is 27.7 Å². The quantitative estimate of drug-likeness (QED) is 0.698. The SMILES string of the molecule is Cc1c(CCc2ccccc2)[nH]c2ccccc12. The molecule has 1 heterocycles. The summed E-state index contributed by atoms with van der Waals surface area (Å²) in [5, 5.41) is 1.35. The van der Waals surface area contributed by atoms with E-state index in [-0.39, 0.29) is 0 Å². The van der Waals surface area contributed by atoms with Crippen LogP contribution < -0.4 is 0 Å². The number of aryl methyl sites for hydroxylation is 3. The average molecular weight is 235 g/mol. The Morgan fingerprint density at radius 2 is 1.56 bits per heavy atom. The van der Waals surface area contributed by atoms with Crippen molar-refractivity contribution in [2.24, 2.45) is 0 Å². The Bertz CT molecular complexity index is 650. The lowest BCUT2D eigenvalue weighted by Gasteiger charge is -2.01. The second-order valence-electron chi connectivity index (χ2n) is 4.76. The first-order chi connectivity index (χ1) is 8.84. The summed E-state index contributed by atoms with van der Waals surface area (Å²) >= 11 is 0. The van der Waals surface area contributed by atoms with Gasteiger partial charge in [-0.3, -0.25) is 0 Å². The minimum absolute atomic E-state index is 1.07. The highest BCUT2D eigenvalue weighted by molar-refractivity contribution is 5.84. The van der Waals surface area contributed by atoms with E-state index in [0.717, 1.165) is 12.8 Å². The summed E-state index contributed by atoms with van der Waals surface area (Å²) in [4.78, 5) is 3.53. The Morgan fingerprint density at radius 3 is 2.33 bits per heavy atom. The molecule has 1 nitrogen and oxygen atoms in total. The van der Waals surface area contributed by atoms with Crippen LogP contribution in [-0.2, 0) is 12.8 Å². The standard InChI is InChI=1S/C17H17N/c1-13-15-9-5-6-10-17(15)18-16(13)12-11-14-7-3-2-4-8-14/h2-10,18H,11-12H2,1H3. The zero-order chi connectivity index (χ0) is 12.4. The van der Waals surface area contributed by atoms with Crippen LogP contribution in [0.4, 0.5) is 0 Å². The Labute approximate surface area is 107 Å². The molecule has 0 aliphatic heterocycles. The Morgan fingerprint density at radius 1 is 0.833 bits per heavy atom. The molecule has 90 valence electrons. The van der Waals surface area contributed by atoms with Crippen molar-refractivity contribution < 1.29 is 0 Å². The highest BCUT2D eigenvalue weighted by Gasteiger charge is 2.06. The van der Waals surface area contributed by atoms with Crippen molar-refractivity contribution in [3.05, 3.63) is 71.4 Å². The van der Waals surface area contributed by atoms with Gasteiger partial charge in [0.1, 0.15) is 0 Å². The number of H-pyrrole nitrogens is 1. The molecule has 0 saturated heterocycles. The van der Waals surface area contributed by atoms with Crippen LogP contribution in [-0.4, -0.2) is 4.98 Å². The molecular weight excluding hydrogens is 218 g/mol. The Balaban J connectivity index is 1.85. The van der Waals surface area contributed by atoms with Crippen LogP contribution in [0.3, 0.4) is 0 Å². The first kappa shape index (κ1) is 11.1. The summed E-state index contributed by atoms with van der Waals surface area (Å²) in [6, 6.07) is 19.2. The zero-order valence-corrected chi connectivity index (χ0v) is 10.6. The monoisotopic (exact) mass is 235 g/mol. The number of aromatic amines is 1. The van der Waals surface area contributed by atoms with Gasteiger partial charge in [0.15, 0.2) is 0 Å². The number of hydrogen-bond donors (Lipinski definition) is 1. The third-order valence-corrected chi connectivity index (χ3v) is 3.58. The van der Waals surface area contributed by atoms with Gasteiger partial charge in [-0.1, -0.05) is 48.5 Å². The fourth-order valence-electron chi connectivity index (χ4n) is 2.50. The molecule has 3 rings (SSSR count). The summed E-state index contributed by atoms with van der Waals surface area (Å²) in [5.41, 5.74) is 5.40. The van der Waals surface area contributed by atoms with Crippen molar-refractivity contribution in [3.8, 4) is 0 Å². The topological polar surface area (TPSA) is 15.8 Å². The molecular formula is C17H17N. The summed E-state index contributed by atoms with van der Waals surface area (Å²) in [6.45, 7) is 2.21. The summed E-state index contributed by atoms with van der Waals surface area (Å²) in [6.07, 6.45) is 2.17. The molecule has 1 heteroatoms. The summed E-state index contributed by atoms with van der Waals surface area (Å²) in [7, 11) is 0. The number of rotatable bonds is 3. The van der Waals surface area contributed by atoms with Gasteiger partial charge in [-0.25, -0.2) is 0 Å². The van der Waals surface area contributed by atoms with E-state index in [4.69, 9.17) is 0 Å². The second kappa shape index (κ2) is 4.69. The van der Waals surface area contributed by atoms with E-state index in [1.807, 2.05) is 0 Å².